The standard InChI is InChI=1S/C17H24BrFO2/c1-2-21-17(12-7-4-3-5-8-12)15(20)11-13-9-6-10-14(19)16(13)18/h6,9-10,12,15,17,20H,2-5,7-8,11H2,1H3. The van der Waals surface area contributed by atoms with Crippen LogP contribution in [-0.4, -0.2) is 23.9 Å². The maximum atomic E-state index is 13.6. The monoisotopic (exact) mass is 358 g/mol. The molecule has 1 N–H and O–H groups in total. The van der Waals surface area contributed by atoms with Crippen molar-refractivity contribution in [1.82, 2.24) is 0 Å². The van der Waals surface area contributed by atoms with Crippen molar-refractivity contribution in [2.75, 3.05) is 6.61 Å². The van der Waals surface area contributed by atoms with Gasteiger partial charge in [-0.3, -0.25) is 0 Å². The summed E-state index contributed by atoms with van der Waals surface area (Å²) in [5, 5.41) is 10.6. The number of aliphatic hydroxyl groups is 1. The molecule has 0 spiro atoms. The molecule has 0 amide bonds. The molecule has 0 heterocycles. The summed E-state index contributed by atoms with van der Waals surface area (Å²) in [7, 11) is 0. The molecule has 2 unspecified atom stereocenters. The Morgan fingerprint density at radius 1 is 1.33 bits per heavy atom. The fourth-order valence-electron chi connectivity index (χ4n) is 3.26. The summed E-state index contributed by atoms with van der Waals surface area (Å²) in [6.07, 6.45) is 5.62. The first-order chi connectivity index (χ1) is 10.1. The van der Waals surface area contributed by atoms with Gasteiger partial charge in [0.05, 0.1) is 16.7 Å². The molecule has 118 valence electrons. The largest absolute Gasteiger partial charge is 0.390 e. The first kappa shape index (κ1) is 16.9. The van der Waals surface area contributed by atoms with Crippen LogP contribution in [0.3, 0.4) is 0 Å². The average Bonchev–Trinajstić information content (AvgIpc) is 2.50. The highest BCUT2D eigenvalue weighted by Crippen LogP contribution is 2.31. The van der Waals surface area contributed by atoms with Gasteiger partial charge >= 0.3 is 0 Å². The van der Waals surface area contributed by atoms with Crippen LogP contribution < -0.4 is 0 Å². The molecule has 2 atom stereocenters. The zero-order valence-corrected chi connectivity index (χ0v) is 14.1. The van der Waals surface area contributed by atoms with Gasteiger partial charge < -0.3 is 9.84 Å². The lowest BCUT2D eigenvalue weighted by atomic mass is 9.82. The van der Waals surface area contributed by atoms with Gasteiger partial charge in [0.1, 0.15) is 5.82 Å². The van der Waals surface area contributed by atoms with Crippen molar-refractivity contribution < 1.29 is 14.2 Å². The van der Waals surface area contributed by atoms with E-state index in [9.17, 15) is 9.50 Å². The molecule has 2 rings (SSSR count). The minimum absolute atomic E-state index is 0.148. The van der Waals surface area contributed by atoms with Crippen molar-refractivity contribution in [2.24, 2.45) is 5.92 Å². The highest BCUT2D eigenvalue weighted by Gasteiger charge is 2.30. The second kappa shape index (κ2) is 8.25. The van der Waals surface area contributed by atoms with Gasteiger partial charge in [-0.05, 0) is 53.2 Å². The van der Waals surface area contributed by atoms with Gasteiger partial charge in [0, 0.05) is 13.0 Å². The van der Waals surface area contributed by atoms with E-state index in [-0.39, 0.29) is 11.9 Å². The molecular weight excluding hydrogens is 335 g/mol. The molecule has 0 saturated heterocycles. The maximum Gasteiger partial charge on any atom is 0.137 e. The molecule has 1 aliphatic rings. The van der Waals surface area contributed by atoms with Crippen molar-refractivity contribution in [3.05, 3.63) is 34.1 Å². The number of hydrogen-bond acceptors (Lipinski definition) is 2. The molecule has 2 nitrogen and oxygen atoms in total. The van der Waals surface area contributed by atoms with Gasteiger partial charge in [-0.15, -0.1) is 0 Å². The van der Waals surface area contributed by atoms with Crippen LogP contribution in [0.15, 0.2) is 22.7 Å². The average molecular weight is 359 g/mol. The summed E-state index contributed by atoms with van der Waals surface area (Å²) in [6, 6.07) is 4.94. The predicted octanol–water partition coefficient (Wildman–Crippen LogP) is 4.48. The minimum Gasteiger partial charge on any atom is -0.390 e. The number of rotatable bonds is 6. The molecular formula is C17H24BrFO2. The van der Waals surface area contributed by atoms with E-state index in [4.69, 9.17) is 4.74 Å². The molecule has 0 bridgehead atoms. The zero-order valence-electron chi connectivity index (χ0n) is 12.5. The van der Waals surface area contributed by atoms with Crippen molar-refractivity contribution in [3.8, 4) is 0 Å². The number of aliphatic hydroxyl groups excluding tert-OH is 1. The zero-order chi connectivity index (χ0) is 15.2. The molecule has 1 aromatic rings. The molecule has 21 heavy (non-hydrogen) atoms. The molecule has 4 heteroatoms. The van der Waals surface area contributed by atoms with Crippen LogP contribution in [-0.2, 0) is 11.2 Å². The van der Waals surface area contributed by atoms with E-state index < -0.39 is 6.10 Å². The number of halogens is 2. The van der Waals surface area contributed by atoms with Gasteiger partial charge in [-0.2, -0.15) is 0 Å². The van der Waals surface area contributed by atoms with Crippen LogP contribution >= 0.6 is 15.9 Å². The third-order valence-corrected chi connectivity index (χ3v) is 5.20. The lowest BCUT2D eigenvalue weighted by Gasteiger charge is -2.33. The van der Waals surface area contributed by atoms with E-state index in [1.807, 2.05) is 13.0 Å². The normalized spacial score (nSPS) is 19.4. The number of hydrogen-bond donors (Lipinski definition) is 1. The fourth-order valence-corrected chi connectivity index (χ4v) is 3.69. The van der Waals surface area contributed by atoms with Gasteiger partial charge in [0.25, 0.3) is 0 Å². The van der Waals surface area contributed by atoms with Crippen molar-refractivity contribution in [1.29, 1.82) is 0 Å². The first-order valence-corrected chi connectivity index (χ1v) is 8.65. The Kier molecular flexibility index (Phi) is 6.65. The summed E-state index contributed by atoms with van der Waals surface area (Å²) < 4.78 is 19.8. The first-order valence-electron chi connectivity index (χ1n) is 7.86. The van der Waals surface area contributed by atoms with Crippen LogP contribution in [0.2, 0.25) is 0 Å². The highest BCUT2D eigenvalue weighted by atomic mass is 79.9. The van der Waals surface area contributed by atoms with E-state index in [0.717, 1.165) is 18.4 Å². The topological polar surface area (TPSA) is 29.5 Å². The summed E-state index contributed by atoms with van der Waals surface area (Å²) in [5.74, 6) is 0.131. The molecule has 0 radical (unpaired) electrons. The predicted molar refractivity (Wildman–Crippen MR) is 85.8 cm³/mol. The van der Waals surface area contributed by atoms with Crippen molar-refractivity contribution >= 4 is 15.9 Å². The maximum absolute atomic E-state index is 13.6. The number of benzene rings is 1. The SMILES string of the molecule is CCOC(C(O)Cc1cccc(F)c1Br)C1CCCCC1. The van der Waals surface area contributed by atoms with Gasteiger partial charge in [-0.1, -0.05) is 31.4 Å². The van der Waals surface area contributed by atoms with Crippen molar-refractivity contribution in [2.45, 2.75) is 57.7 Å². The quantitative estimate of drug-likeness (QED) is 0.812. The van der Waals surface area contributed by atoms with Crippen LogP contribution in [0.25, 0.3) is 0 Å². The smallest absolute Gasteiger partial charge is 0.137 e. The lowest BCUT2D eigenvalue weighted by molar-refractivity contribution is -0.0716. The summed E-state index contributed by atoms with van der Waals surface area (Å²) in [6.45, 7) is 2.56. The van der Waals surface area contributed by atoms with E-state index in [1.54, 1.807) is 6.07 Å². The highest BCUT2D eigenvalue weighted by molar-refractivity contribution is 9.10. The van der Waals surface area contributed by atoms with Crippen LogP contribution in [0.1, 0.15) is 44.6 Å². The second-order valence-electron chi connectivity index (χ2n) is 5.80. The van der Waals surface area contributed by atoms with E-state index in [1.165, 1.54) is 25.3 Å². The summed E-state index contributed by atoms with van der Waals surface area (Å²) in [4.78, 5) is 0. The van der Waals surface area contributed by atoms with Crippen LogP contribution in [0.5, 0.6) is 0 Å². The molecule has 1 saturated carbocycles. The third kappa shape index (κ3) is 4.51. The summed E-state index contributed by atoms with van der Waals surface area (Å²) >= 11 is 3.27. The Labute approximate surface area is 134 Å². The third-order valence-electron chi connectivity index (χ3n) is 4.31. The Hall–Kier alpha value is -0.450. The van der Waals surface area contributed by atoms with Gasteiger partial charge in [0.15, 0.2) is 0 Å². The molecule has 1 fully saturated rings. The van der Waals surface area contributed by atoms with E-state index >= 15 is 0 Å². The van der Waals surface area contributed by atoms with Gasteiger partial charge in [0.2, 0.25) is 0 Å². The molecule has 0 aromatic heterocycles. The van der Waals surface area contributed by atoms with Crippen LogP contribution in [0.4, 0.5) is 4.39 Å². The van der Waals surface area contributed by atoms with Crippen LogP contribution in [0, 0.1) is 11.7 Å². The Balaban J connectivity index is 2.07. The molecule has 1 aromatic carbocycles. The van der Waals surface area contributed by atoms with E-state index in [2.05, 4.69) is 15.9 Å². The molecule has 1 aliphatic carbocycles. The van der Waals surface area contributed by atoms with Crippen molar-refractivity contribution in [3.63, 3.8) is 0 Å². The Morgan fingerprint density at radius 3 is 2.71 bits per heavy atom. The Bertz CT molecular complexity index is 446. The molecule has 0 aliphatic heterocycles. The minimum atomic E-state index is -0.592. The second-order valence-corrected chi connectivity index (χ2v) is 6.60. The fraction of sp³-hybridized carbons (Fsp3) is 0.647. The van der Waals surface area contributed by atoms with E-state index in [0.29, 0.717) is 23.4 Å². The number of ether oxygens (including phenoxy) is 1. The van der Waals surface area contributed by atoms with Gasteiger partial charge in [-0.25, -0.2) is 4.39 Å². The summed E-state index contributed by atoms with van der Waals surface area (Å²) in [5.41, 5.74) is 0.794. The Morgan fingerprint density at radius 2 is 2.05 bits per heavy atom. The lowest BCUT2D eigenvalue weighted by Crippen LogP contribution is -2.38.